The lowest BCUT2D eigenvalue weighted by molar-refractivity contribution is -0.137. The van der Waals surface area contributed by atoms with Crippen LogP contribution in [0.3, 0.4) is 0 Å². The van der Waals surface area contributed by atoms with Crippen molar-refractivity contribution >= 4 is 23.4 Å². The molecule has 1 amide bonds. The number of hydrogen-bond acceptors (Lipinski definition) is 6. The van der Waals surface area contributed by atoms with Gasteiger partial charge in [-0.3, -0.25) is 4.79 Å². The molecule has 0 radical (unpaired) electrons. The molecule has 0 unspecified atom stereocenters. The van der Waals surface area contributed by atoms with Crippen molar-refractivity contribution in [2.24, 2.45) is 0 Å². The number of carbonyl (C=O) groups excluding carboxylic acids is 1. The van der Waals surface area contributed by atoms with Crippen LogP contribution in [-0.4, -0.2) is 26.0 Å². The molecule has 0 saturated carbocycles. The predicted octanol–water partition coefficient (Wildman–Crippen LogP) is 3.39. The van der Waals surface area contributed by atoms with Crippen LogP contribution in [0.4, 0.5) is 18.9 Å². The Morgan fingerprint density at radius 3 is 2.56 bits per heavy atom. The van der Waals surface area contributed by atoms with Crippen molar-refractivity contribution in [2.75, 3.05) is 11.2 Å². The Hall–Kier alpha value is -2.95. The Morgan fingerprint density at radius 1 is 1.26 bits per heavy atom. The van der Waals surface area contributed by atoms with Crippen LogP contribution in [0.5, 0.6) is 0 Å². The highest BCUT2D eigenvalue weighted by Crippen LogP contribution is 2.30. The van der Waals surface area contributed by atoms with Crippen molar-refractivity contribution in [3.8, 4) is 11.6 Å². The Balaban J connectivity index is 1.64. The smallest absolute Gasteiger partial charge is 0.416 e. The zero-order chi connectivity index (χ0) is 19.6. The molecule has 7 nitrogen and oxygen atoms in total. The van der Waals surface area contributed by atoms with Crippen molar-refractivity contribution < 1.29 is 22.4 Å². The number of benzene rings is 1. The summed E-state index contributed by atoms with van der Waals surface area (Å²) < 4.78 is 44.1. The molecule has 0 aliphatic rings. The minimum Gasteiger partial charge on any atom is -0.461 e. The Kier molecular flexibility index (Phi) is 5.13. The molecule has 0 bridgehead atoms. The fourth-order valence-corrected chi connectivity index (χ4v) is 2.90. The number of aromatic nitrogens is 3. The van der Waals surface area contributed by atoms with Gasteiger partial charge >= 0.3 is 6.18 Å². The summed E-state index contributed by atoms with van der Waals surface area (Å²) in [6.07, 6.45) is -2.96. The average molecular weight is 397 g/mol. The van der Waals surface area contributed by atoms with Crippen LogP contribution < -0.4 is 11.2 Å². The van der Waals surface area contributed by atoms with Gasteiger partial charge in [-0.1, -0.05) is 11.8 Å². The Bertz CT molecular complexity index is 923. The van der Waals surface area contributed by atoms with E-state index in [-0.39, 0.29) is 10.8 Å². The average Bonchev–Trinajstić information content (AvgIpc) is 3.25. The summed E-state index contributed by atoms with van der Waals surface area (Å²) >= 11 is 1.05. The molecule has 0 saturated heterocycles. The minimum absolute atomic E-state index is 0.255. The first-order valence-corrected chi connectivity index (χ1v) is 8.53. The zero-order valence-corrected chi connectivity index (χ0v) is 14.7. The van der Waals surface area contributed by atoms with E-state index in [1.807, 2.05) is 0 Å². The first-order valence-electron chi connectivity index (χ1n) is 7.65. The lowest BCUT2D eigenvalue weighted by Gasteiger charge is -2.12. The number of amides is 1. The number of hydrogen-bond donors (Lipinski definition) is 2. The Morgan fingerprint density at radius 2 is 1.96 bits per heavy atom. The molecule has 142 valence electrons. The number of carbonyl (C=O) groups is 1. The van der Waals surface area contributed by atoms with Crippen LogP contribution in [0.2, 0.25) is 0 Å². The van der Waals surface area contributed by atoms with E-state index in [4.69, 9.17) is 10.3 Å². The second-order valence-corrected chi connectivity index (χ2v) is 6.79. The van der Waals surface area contributed by atoms with Gasteiger partial charge in [0.2, 0.25) is 16.9 Å². The maximum atomic E-state index is 12.6. The van der Waals surface area contributed by atoms with Gasteiger partial charge in [-0.15, -0.1) is 10.2 Å². The highest BCUT2D eigenvalue weighted by molar-refractivity contribution is 8.00. The fraction of sp³-hybridized carbons (Fsp3) is 0.188. The van der Waals surface area contributed by atoms with Gasteiger partial charge in [0, 0.05) is 5.69 Å². The summed E-state index contributed by atoms with van der Waals surface area (Å²) in [6, 6.07) is 7.54. The largest absolute Gasteiger partial charge is 0.461 e. The lowest BCUT2D eigenvalue weighted by Crippen LogP contribution is -2.23. The van der Waals surface area contributed by atoms with E-state index in [0.717, 1.165) is 23.9 Å². The third kappa shape index (κ3) is 4.25. The summed E-state index contributed by atoms with van der Waals surface area (Å²) in [5, 5.41) is 10.1. The third-order valence-electron chi connectivity index (χ3n) is 3.54. The first-order chi connectivity index (χ1) is 12.8. The quantitative estimate of drug-likeness (QED) is 0.506. The normalized spacial score (nSPS) is 12.7. The predicted molar refractivity (Wildman–Crippen MR) is 93.3 cm³/mol. The van der Waals surface area contributed by atoms with E-state index in [9.17, 15) is 18.0 Å². The highest BCUT2D eigenvalue weighted by Gasteiger charge is 2.30. The molecule has 0 fully saturated rings. The van der Waals surface area contributed by atoms with Crippen molar-refractivity contribution in [1.82, 2.24) is 14.9 Å². The van der Waals surface area contributed by atoms with Gasteiger partial charge in [0.25, 0.3) is 0 Å². The third-order valence-corrected chi connectivity index (χ3v) is 4.59. The second kappa shape index (κ2) is 7.35. The van der Waals surface area contributed by atoms with Gasteiger partial charge in [-0.05, 0) is 43.3 Å². The van der Waals surface area contributed by atoms with E-state index in [2.05, 4.69) is 15.5 Å². The maximum absolute atomic E-state index is 12.6. The molecule has 27 heavy (non-hydrogen) atoms. The minimum atomic E-state index is -4.43. The number of nitrogens with one attached hydrogen (secondary N) is 1. The number of nitrogens with zero attached hydrogens (tertiary/aromatic N) is 3. The van der Waals surface area contributed by atoms with E-state index in [1.54, 1.807) is 19.1 Å². The first kappa shape index (κ1) is 18.8. The molecule has 0 aliphatic heterocycles. The van der Waals surface area contributed by atoms with E-state index in [1.165, 1.54) is 23.1 Å². The van der Waals surface area contributed by atoms with Crippen LogP contribution in [0.25, 0.3) is 11.6 Å². The van der Waals surface area contributed by atoms with Crippen molar-refractivity contribution in [3.63, 3.8) is 0 Å². The zero-order valence-electron chi connectivity index (χ0n) is 13.9. The van der Waals surface area contributed by atoms with Gasteiger partial charge in [0.05, 0.1) is 17.1 Å². The molecule has 0 aliphatic carbocycles. The highest BCUT2D eigenvalue weighted by atomic mass is 32.2. The van der Waals surface area contributed by atoms with Gasteiger partial charge in [-0.2, -0.15) is 13.2 Å². The summed E-state index contributed by atoms with van der Waals surface area (Å²) in [5.74, 6) is 6.24. The monoisotopic (exact) mass is 397 g/mol. The molecule has 0 spiro atoms. The van der Waals surface area contributed by atoms with Gasteiger partial charge < -0.3 is 15.6 Å². The number of anilines is 1. The van der Waals surface area contributed by atoms with Crippen molar-refractivity contribution in [2.45, 2.75) is 23.5 Å². The maximum Gasteiger partial charge on any atom is 0.416 e. The summed E-state index contributed by atoms with van der Waals surface area (Å²) in [5.41, 5.74) is -0.532. The molecular weight excluding hydrogens is 383 g/mol. The molecule has 3 rings (SSSR count). The van der Waals surface area contributed by atoms with Gasteiger partial charge in [0.1, 0.15) is 0 Å². The second-order valence-electron chi connectivity index (χ2n) is 5.48. The molecule has 3 aromatic rings. The lowest BCUT2D eigenvalue weighted by atomic mass is 10.2. The SMILES string of the molecule is C[C@H](Sc1nnc(-c2ccco2)n1N)C(=O)Nc1ccc(C(F)(F)F)cc1. The molecule has 2 aromatic heterocycles. The number of rotatable bonds is 5. The standard InChI is InChI=1S/C16H14F3N5O2S/c1-9(14(25)21-11-6-4-10(5-7-11)16(17,18)19)27-15-23-22-13(24(15)20)12-3-2-8-26-12/h2-9H,20H2,1H3,(H,21,25)/t9-/m0/s1. The number of halogens is 3. The van der Waals surface area contributed by atoms with Crippen molar-refractivity contribution in [1.29, 1.82) is 0 Å². The summed E-state index contributed by atoms with van der Waals surface area (Å²) in [4.78, 5) is 12.3. The van der Waals surface area contributed by atoms with Crippen LogP contribution in [0.15, 0.2) is 52.2 Å². The summed E-state index contributed by atoms with van der Waals surface area (Å²) in [6.45, 7) is 1.62. The van der Waals surface area contributed by atoms with Crippen LogP contribution in [0, 0.1) is 0 Å². The van der Waals surface area contributed by atoms with Gasteiger partial charge in [0.15, 0.2) is 5.76 Å². The van der Waals surface area contributed by atoms with Crippen LogP contribution in [0.1, 0.15) is 12.5 Å². The van der Waals surface area contributed by atoms with Gasteiger partial charge in [-0.25, -0.2) is 4.68 Å². The number of alkyl halides is 3. The topological polar surface area (TPSA) is 99.0 Å². The summed E-state index contributed by atoms with van der Waals surface area (Å²) in [7, 11) is 0. The molecule has 2 heterocycles. The molecule has 11 heteroatoms. The molecular formula is C16H14F3N5O2S. The van der Waals surface area contributed by atoms with Crippen molar-refractivity contribution in [3.05, 3.63) is 48.2 Å². The fourth-order valence-electron chi connectivity index (χ4n) is 2.13. The molecule has 1 atom stereocenters. The van der Waals surface area contributed by atoms with Crippen LogP contribution >= 0.6 is 11.8 Å². The molecule has 3 N–H and O–H groups in total. The Labute approximate surface area is 155 Å². The van der Waals surface area contributed by atoms with E-state index < -0.39 is 22.9 Å². The number of thioether (sulfide) groups is 1. The van der Waals surface area contributed by atoms with Crippen LogP contribution in [-0.2, 0) is 11.0 Å². The van der Waals surface area contributed by atoms with E-state index in [0.29, 0.717) is 11.6 Å². The molecule has 1 aromatic carbocycles. The van der Waals surface area contributed by atoms with E-state index >= 15 is 0 Å². The number of nitrogens with two attached hydrogens (primary N) is 1. The number of furan rings is 1. The number of nitrogen functional groups attached to an aromatic ring is 1.